The van der Waals surface area contributed by atoms with Crippen LogP contribution in [0.15, 0.2) is 24.3 Å². The second-order valence-electron chi connectivity index (χ2n) is 3.41. The molecular formula is C12H17F2NO2. The summed E-state index contributed by atoms with van der Waals surface area (Å²) in [5.41, 5.74) is 0.549. The largest absolute Gasteiger partial charge is 0.433 e. The van der Waals surface area contributed by atoms with Crippen molar-refractivity contribution in [3.8, 4) is 5.75 Å². The monoisotopic (exact) mass is 245 g/mol. The molecule has 0 saturated carbocycles. The van der Waals surface area contributed by atoms with Gasteiger partial charge in [-0.2, -0.15) is 8.78 Å². The Morgan fingerprint density at radius 1 is 1.24 bits per heavy atom. The van der Waals surface area contributed by atoms with Gasteiger partial charge in [-0.3, -0.25) is 0 Å². The Morgan fingerprint density at radius 2 is 2.00 bits per heavy atom. The van der Waals surface area contributed by atoms with Gasteiger partial charge >= 0.3 is 6.61 Å². The maximum absolute atomic E-state index is 12.1. The molecule has 0 aliphatic heterocycles. The van der Waals surface area contributed by atoms with Crippen LogP contribution >= 0.6 is 0 Å². The van der Waals surface area contributed by atoms with E-state index in [0.29, 0.717) is 25.4 Å². The second kappa shape index (κ2) is 7.84. The van der Waals surface area contributed by atoms with Crippen molar-refractivity contribution in [1.29, 1.82) is 0 Å². The van der Waals surface area contributed by atoms with Gasteiger partial charge in [0.2, 0.25) is 0 Å². The van der Waals surface area contributed by atoms with Crippen LogP contribution in [0.25, 0.3) is 0 Å². The minimum absolute atomic E-state index is 0.151. The van der Waals surface area contributed by atoms with E-state index >= 15 is 0 Å². The summed E-state index contributed by atoms with van der Waals surface area (Å²) in [6.07, 6.45) is 0.963. The van der Waals surface area contributed by atoms with Crippen LogP contribution in [-0.2, 0) is 4.74 Å². The third kappa shape index (κ3) is 5.49. The minimum Gasteiger partial charge on any atom is -0.433 e. The standard InChI is InChI=1S/C12H17F2NO2/c1-2-8-16-9-7-15-10-5-3-4-6-11(10)17-12(13)14/h3-6,12,15H,2,7-9H2,1H3. The van der Waals surface area contributed by atoms with Crippen molar-refractivity contribution in [1.82, 2.24) is 0 Å². The minimum atomic E-state index is -2.81. The molecular weight excluding hydrogens is 228 g/mol. The summed E-state index contributed by atoms with van der Waals surface area (Å²) in [6, 6.07) is 6.60. The zero-order chi connectivity index (χ0) is 12.5. The van der Waals surface area contributed by atoms with E-state index in [1.165, 1.54) is 6.07 Å². The lowest BCUT2D eigenvalue weighted by Crippen LogP contribution is -2.11. The molecule has 96 valence electrons. The van der Waals surface area contributed by atoms with Crippen molar-refractivity contribution in [2.24, 2.45) is 0 Å². The number of benzene rings is 1. The first-order valence-corrected chi connectivity index (χ1v) is 5.59. The molecule has 0 unspecified atom stereocenters. The molecule has 0 amide bonds. The van der Waals surface area contributed by atoms with Gasteiger partial charge in [0.25, 0.3) is 0 Å². The third-order valence-corrected chi connectivity index (χ3v) is 2.01. The zero-order valence-corrected chi connectivity index (χ0v) is 9.79. The molecule has 17 heavy (non-hydrogen) atoms. The fourth-order valence-electron chi connectivity index (χ4n) is 1.32. The van der Waals surface area contributed by atoms with Crippen LogP contribution in [0.3, 0.4) is 0 Å². The number of hydrogen-bond acceptors (Lipinski definition) is 3. The van der Waals surface area contributed by atoms with Crippen LogP contribution in [0.5, 0.6) is 5.75 Å². The first-order valence-electron chi connectivity index (χ1n) is 5.59. The van der Waals surface area contributed by atoms with E-state index in [1.54, 1.807) is 18.2 Å². The SMILES string of the molecule is CCCOCCNc1ccccc1OC(F)F. The highest BCUT2D eigenvalue weighted by atomic mass is 19.3. The average Bonchev–Trinajstić information content (AvgIpc) is 2.30. The van der Waals surface area contributed by atoms with Gasteiger partial charge in [-0.05, 0) is 18.6 Å². The van der Waals surface area contributed by atoms with E-state index in [0.717, 1.165) is 6.42 Å². The van der Waals surface area contributed by atoms with Crippen molar-refractivity contribution in [3.63, 3.8) is 0 Å². The summed E-state index contributed by atoms with van der Waals surface area (Å²) in [5, 5.41) is 2.99. The molecule has 1 rings (SSSR count). The first-order chi connectivity index (χ1) is 8.24. The Morgan fingerprint density at radius 3 is 2.71 bits per heavy atom. The van der Waals surface area contributed by atoms with Crippen molar-refractivity contribution < 1.29 is 18.3 Å². The molecule has 0 bridgehead atoms. The highest BCUT2D eigenvalue weighted by molar-refractivity contribution is 5.56. The van der Waals surface area contributed by atoms with Crippen LogP contribution < -0.4 is 10.1 Å². The molecule has 0 aromatic heterocycles. The van der Waals surface area contributed by atoms with Crippen molar-refractivity contribution in [3.05, 3.63) is 24.3 Å². The molecule has 3 nitrogen and oxygen atoms in total. The number of anilines is 1. The molecule has 0 aliphatic carbocycles. The van der Waals surface area contributed by atoms with Crippen molar-refractivity contribution in [2.75, 3.05) is 25.1 Å². The fourth-order valence-corrected chi connectivity index (χ4v) is 1.32. The van der Waals surface area contributed by atoms with Crippen LogP contribution in [-0.4, -0.2) is 26.4 Å². The molecule has 0 spiro atoms. The first kappa shape index (κ1) is 13.7. The van der Waals surface area contributed by atoms with Crippen molar-refractivity contribution >= 4 is 5.69 Å². The normalized spacial score (nSPS) is 10.6. The summed E-state index contributed by atoms with van der Waals surface area (Å²) in [6.45, 7) is 1.02. The van der Waals surface area contributed by atoms with Crippen LogP contribution in [0.1, 0.15) is 13.3 Å². The molecule has 0 radical (unpaired) electrons. The number of ether oxygens (including phenoxy) is 2. The van der Waals surface area contributed by atoms with E-state index in [9.17, 15) is 8.78 Å². The summed E-state index contributed by atoms with van der Waals surface area (Å²) < 4.78 is 33.9. The molecule has 1 aromatic carbocycles. The molecule has 0 atom stereocenters. The third-order valence-electron chi connectivity index (χ3n) is 2.01. The zero-order valence-electron chi connectivity index (χ0n) is 9.79. The lowest BCUT2D eigenvalue weighted by molar-refractivity contribution is -0.0493. The highest BCUT2D eigenvalue weighted by Gasteiger charge is 2.08. The lowest BCUT2D eigenvalue weighted by Gasteiger charge is -2.12. The van der Waals surface area contributed by atoms with Crippen LogP contribution in [0.2, 0.25) is 0 Å². The molecule has 5 heteroatoms. The van der Waals surface area contributed by atoms with Gasteiger partial charge in [-0.1, -0.05) is 19.1 Å². The Balaban J connectivity index is 2.40. The average molecular weight is 245 g/mol. The molecule has 1 aromatic rings. The lowest BCUT2D eigenvalue weighted by atomic mass is 10.3. The number of hydrogen-bond donors (Lipinski definition) is 1. The summed E-state index contributed by atoms with van der Waals surface area (Å²) in [4.78, 5) is 0. The van der Waals surface area contributed by atoms with Gasteiger partial charge in [-0.25, -0.2) is 0 Å². The predicted molar refractivity (Wildman–Crippen MR) is 62.7 cm³/mol. The van der Waals surface area contributed by atoms with Gasteiger partial charge in [0.05, 0.1) is 12.3 Å². The summed E-state index contributed by atoms with van der Waals surface area (Å²) >= 11 is 0. The molecule has 0 fully saturated rings. The highest BCUT2D eigenvalue weighted by Crippen LogP contribution is 2.24. The van der Waals surface area contributed by atoms with E-state index in [2.05, 4.69) is 10.1 Å². The Labute approximate surface area is 99.7 Å². The van der Waals surface area contributed by atoms with Crippen molar-refractivity contribution in [2.45, 2.75) is 20.0 Å². The number of nitrogens with one attached hydrogen (secondary N) is 1. The molecule has 0 saturated heterocycles. The van der Waals surface area contributed by atoms with E-state index in [1.807, 2.05) is 6.92 Å². The van der Waals surface area contributed by atoms with Gasteiger partial charge in [0.15, 0.2) is 0 Å². The van der Waals surface area contributed by atoms with Gasteiger partial charge < -0.3 is 14.8 Å². The topological polar surface area (TPSA) is 30.5 Å². The van der Waals surface area contributed by atoms with Crippen LogP contribution in [0.4, 0.5) is 14.5 Å². The number of para-hydroxylation sites is 2. The van der Waals surface area contributed by atoms with Gasteiger partial charge in [0.1, 0.15) is 5.75 Å². The van der Waals surface area contributed by atoms with E-state index < -0.39 is 6.61 Å². The van der Waals surface area contributed by atoms with E-state index in [4.69, 9.17) is 4.74 Å². The van der Waals surface area contributed by atoms with E-state index in [-0.39, 0.29) is 5.75 Å². The summed E-state index contributed by atoms with van der Waals surface area (Å²) in [5.74, 6) is 0.151. The molecule has 0 heterocycles. The maximum Gasteiger partial charge on any atom is 0.387 e. The Hall–Kier alpha value is -1.36. The smallest absolute Gasteiger partial charge is 0.387 e. The predicted octanol–water partition coefficient (Wildman–Crippen LogP) is 3.13. The second-order valence-corrected chi connectivity index (χ2v) is 3.41. The number of rotatable bonds is 8. The molecule has 0 aliphatic rings. The quantitative estimate of drug-likeness (QED) is 0.714. The Bertz CT molecular complexity index is 321. The van der Waals surface area contributed by atoms with Gasteiger partial charge in [0, 0.05) is 13.2 Å². The fraction of sp³-hybridized carbons (Fsp3) is 0.500. The van der Waals surface area contributed by atoms with Crippen LogP contribution in [0, 0.1) is 0 Å². The maximum atomic E-state index is 12.1. The number of halogens is 2. The molecule has 1 N–H and O–H groups in total. The summed E-state index contributed by atoms with van der Waals surface area (Å²) in [7, 11) is 0. The number of alkyl halides is 2. The Kier molecular flexibility index (Phi) is 6.32. The van der Waals surface area contributed by atoms with Gasteiger partial charge in [-0.15, -0.1) is 0 Å².